The molecule has 3 aromatic heterocycles. The van der Waals surface area contributed by atoms with Crippen molar-refractivity contribution in [1.29, 1.82) is 0 Å². The van der Waals surface area contributed by atoms with Gasteiger partial charge in [0.2, 0.25) is 0 Å². The Morgan fingerprint density at radius 1 is 1.19 bits per heavy atom. The standard InChI is InChI=1S/C24H21N3O3S/c1-14-21(24(29)27-20-8-2-3-9-25-20)23(19-7-5-11-31-19)22-16(26-14)12-15(13-17(22)28)18-6-4-10-30-18/h2-11,15,23,26H,12-13H2,1H3,(H,25,27,29). The molecule has 3 aromatic rings. The van der Waals surface area contributed by atoms with Gasteiger partial charge >= 0.3 is 0 Å². The Labute approximate surface area is 183 Å². The maximum atomic E-state index is 13.4. The number of hydrogen-bond acceptors (Lipinski definition) is 6. The van der Waals surface area contributed by atoms with Gasteiger partial charge in [-0.1, -0.05) is 12.1 Å². The predicted octanol–water partition coefficient (Wildman–Crippen LogP) is 4.74. The zero-order chi connectivity index (χ0) is 21.4. The van der Waals surface area contributed by atoms with E-state index in [9.17, 15) is 9.59 Å². The Bertz CT molecular complexity index is 1180. The number of anilines is 1. The van der Waals surface area contributed by atoms with Gasteiger partial charge in [-0.3, -0.25) is 9.59 Å². The Morgan fingerprint density at radius 3 is 2.81 bits per heavy atom. The van der Waals surface area contributed by atoms with Crippen molar-refractivity contribution >= 4 is 28.8 Å². The van der Waals surface area contributed by atoms with Crippen LogP contribution in [0.2, 0.25) is 0 Å². The molecule has 6 nitrogen and oxygen atoms in total. The van der Waals surface area contributed by atoms with Crippen LogP contribution in [0, 0.1) is 0 Å². The van der Waals surface area contributed by atoms with Crippen molar-refractivity contribution in [3.63, 3.8) is 0 Å². The predicted molar refractivity (Wildman–Crippen MR) is 118 cm³/mol. The van der Waals surface area contributed by atoms with Gasteiger partial charge in [0.05, 0.1) is 12.2 Å². The monoisotopic (exact) mass is 431 g/mol. The molecule has 0 fully saturated rings. The normalized spacial score (nSPS) is 21.0. The Hall–Kier alpha value is -3.45. The van der Waals surface area contributed by atoms with E-state index in [0.717, 1.165) is 22.0 Å². The van der Waals surface area contributed by atoms with E-state index in [1.807, 2.05) is 42.6 Å². The highest BCUT2D eigenvalue weighted by atomic mass is 32.1. The number of allylic oxidation sites excluding steroid dienone is 3. The maximum Gasteiger partial charge on any atom is 0.255 e. The fourth-order valence-corrected chi connectivity index (χ4v) is 5.27. The molecule has 5 rings (SSSR count). The molecule has 0 aromatic carbocycles. The number of carbonyl (C=O) groups excluding carboxylic acids is 2. The number of carbonyl (C=O) groups is 2. The number of Topliss-reactive ketones (excluding diaryl/α,β-unsaturated/α-hetero) is 1. The summed E-state index contributed by atoms with van der Waals surface area (Å²) in [4.78, 5) is 31.9. The minimum absolute atomic E-state index is 0.00516. The molecule has 0 radical (unpaired) electrons. The summed E-state index contributed by atoms with van der Waals surface area (Å²) in [5, 5.41) is 8.23. The van der Waals surface area contributed by atoms with Gasteiger partial charge in [-0.25, -0.2) is 4.98 Å². The Balaban J connectivity index is 1.54. The number of thiophene rings is 1. The third-order valence-corrected chi connectivity index (χ3v) is 6.69. The topological polar surface area (TPSA) is 84.2 Å². The van der Waals surface area contributed by atoms with Gasteiger partial charge in [0.25, 0.3) is 5.91 Å². The molecule has 2 N–H and O–H groups in total. The van der Waals surface area contributed by atoms with Crippen LogP contribution in [0.5, 0.6) is 0 Å². The van der Waals surface area contributed by atoms with Gasteiger partial charge in [-0.05, 0) is 49.1 Å². The third kappa shape index (κ3) is 3.61. The van der Waals surface area contributed by atoms with Crippen LogP contribution in [0.25, 0.3) is 0 Å². The summed E-state index contributed by atoms with van der Waals surface area (Å²) in [6, 6.07) is 13.1. The number of aromatic nitrogens is 1. The van der Waals surface area contributed by atoms with Crippen molar-refractivity contribution in [2.75, 3.05) is 5.32 Å². The molecule has 2 atom stereocenters. The summed E-state index contributed by atoms with van der Waals surface area (Å²) >= 11 is 1.55. The summed E-state index contributed by atoms with van der Waals surface area (Å²) in [7, 11) is 0. The summed E-state index contributed by atoms with van der Waals surface area (Å²) in [5.41, 5.74) is 2.86. The number of nitrogens with zero attached hydrogens (tertiary/aromatic N) is 1. The van der Waals surface area contributed by atoms with Crippen molar-refractivity contribution < 1.29 is 14.0 Å². The molecule has 7 heteroatoms. The lowest BCUT2D eigenvalue weighted by molar-refractivity contribution is -0.116. The number of nitrogens with one attached hydrogen (secondary N) is 2. The summed E-state index contributed by atoms with van der Waals surface area (Å²) in [6.45, 7) is 1.89. The number of furan rings is 1. The highest BCUT2D eigenvalue weighted by Gasteiger charge is 2.41. The lowest BCUT2D eigenvalue weighted by Crippen LogP contribution is -2.36. The van der Waals surface area contributed by atoms with Gasteiger partial charge in [-0.2, -0.15) is 0 Å². The van der Waals surface area contributed by atoms with Crippen LogP contribution in [0.15, 0.2) is 87.3 Å². The molecule has 1 aliphatic carbocycles. The lowest BCUT2D eigenvalue weighted by Gasteiger charge is -2.35. The van der Waals surface area contributed by atoms with Crippen molar-refractivity contribution in [2.45, 2.75) is 31.6 Å². The average Bonchev–Trinajstić information content (AvgIpc) is 3.47. The van der Waals surface area contributed by atoms with Gasteiger partial charge in [0, 0.05) is 46.0 Å². The third-order valence-electron chi connectivity index (χ3n) is 5.75. The quantitative estimate of drug-likeness (QED) is 0.624. The van der Waals surface area contributed by atoms with Crippen LogP contribution in [-0.4, -0.2) is 16.7 Å². The Morgan fingerprint density at radius 2 is 2.10 bits per heavy atom. The van der Waals surface area contributed by atoms with Crippen molar-refractivity contribution in [3.05, 3.63) is 93.5 Å². The molecule has 31 heavy (non-hydrogen) atoms. The van der Waals surface area contributed by atoms with Gasteiger partial charge < -0.3 is 15.1 Å². The summed E-state index contributed by atoms with van der Waals surface area (Å²) in [6.07, 6.45) is 4.30. The van der Waals surface area contributed by atoms with Gasteiger partial charge in [0.15, 0.2) is 5.78 Å². The zero-order valence-electron chi connectivity index (χ0n) is 16.9. The molecule has 2 unspecified atom stereocenters. The number of amides is 1. The fourth-order valence-electron chi connectivity index (χ4n) is 4.43. The minimum Gasteiger partial charge on any atom is -0.469 e. The molecule has 1 aliphatic heterocycles. The first kappa shape index (κ1) is 19.5. The molecule has 0 saturated carbocycles. The first-order valence-corrected chi connectivity index (χ1v) is 11.0. The molecule has 4 heterocycles. The molecular formula is C24H21N3O3S. The van der Waals surface area contributed by atoms with E-state index in [-0.39, 0.29) is 17.6 Å². The van der Waals surface area contributed by atoms with Crippen LogP contribution in [0.3, 0.4) is 0 Å². The first-order chi connectivity index (χ1) is 15.1. The molecule has 0 saturated heterocycles. The smallest absolute Gasteiger partial charge is 0.255 e. The number of ketones is 1. The van der Waals surface area contributed by atoms with Gasteiger partial charge in [0.1, 0.15) is 11.6 Å². The van der Waals surface area contributed by atoms with Crippen LogP contribution in [0.4, 0.5) is 5.82 Å². The number of hydrogen-bond donors (Lipinski definition) is 2. The second-order valence-corrected chi connectivity index (χ2v) is 8.70. The van der Waals surface area contributed by atoms with Crippen LogP contribution < -0.4 is 10.6 Å². The average molecular weight is 432 g/mol. The zero-order valence-corrected chi connectivity index (χ0v) is 17.7. The van der Waals surface area contributed by atoms with Gasteiger partial charge in [-0.15, -0.1) is 11.3 Å². The highest BCUT2D eigenvalue weighted by molar-refractivity contribution is 7.10. The lowest BCUT2D eigenvalue weighted by atomic mass is 9.74. The number of pyridine rings is 1. The van der Waals surface area contributed by atoms with E-state index in [0.29, 0.717) is 29.8 Å². The second-order valence-electron chi connectivity index (χ2n) is 7.72. The second kappa shape index (κ2) is 8.00. The largest absolute Gasteiger partial charge is 0.469 e. The van der Waals surface area contributed by atoms with E-state index in [1.165, 1.54) is 0 Å². The van der Waals surface area contributed by atoms with E-state index in [4.69, 9.17) is 4.42 Å². The number of dihydropyridines is 1. The van der Waals surface area contributed by atoms with E-state index >= 15 is 0 Å². The van der Waals surface area contributed by atoms with Crippen LogP contribution in [0.1, 0.15) is 42.2 Å². The first-order valence-electron chi connectivity index (χ1n) is 10.1. The summed E-state index contributed by atoms with van der Waals surface area (Å²) in [5.74, 6) is 0.679. The van der Waals surface area contributed by atoms with Crippen LogP contribution in [-0.2, 0) is 9.59 Å². The van der Waals surface area contributed by atoms with Crippen molar-refractivity contribution in [2.24, 2.45) is 0 Å². The van der Waals surface area contributed by atoms with E-state index in [2.05, 4.69) is 15.6 Å². The maximum absolute atomic E-state index is 13.4. The van der Waals surface area contributed by atoms with Crippen LogP contribution >= 0.6 is 11.3 Å². The molecule has 0 spiro atoms. The van der Waals surface area contributed by atoms with E-state index < -0.39 is 5.92 Å². The highest BCUT2D eigenvalue weighted by Crippen LogP contribution is 2.46. The molecule has 1 amide bonds. The molecule has 2 aliphatic rings. The van der Waals surface area contributed by atoms with Crippen molar-refractivity contribution in [1.82, 2.24) is 10.3 Å². The SMILES string of the molecule is CC1=C(C(=O)Nc2ccccn2)C(c2cccs2)C2=C(CC(c3ccco3)CC2=O)N1. The molecular weight excluding hydrogens is 410 g/mol. The number of rotatable bonds is 4. The molecule has 0 bridgehead atoms. The minimum atomic E-state index is -0.398. The Kier molecular flexibility index (Phi) is 5.03. The summed E-state index contributed by atoms with van der Waals surface area (Å²) < 4.78 is 5.57. The van der Waals surface area contributed by atoms with E-state index in [1.54, 1.807) is 35.9 Å². The molecule has 156 valence electrons. The van der Waals surface area contributed by atoms with Crippen molar-refractivity contribution in [3.8, 4) is 0 Å². The fraction of sp³-hybridized carbons (Fsp3) is 0.208.